The van der Waals surface area contributed by atoms with E-state index in [0.717, 1.165) is 38.5 Å². The molecule has 2 N–H and O–H groups in total. The average molecular weight is 632 g/mol. The van der Waals surface area contributed by atoms with Gasteiger partial charge in [-0.05, 0) is 80.3 Å². The zero-order valence-corrected chi connectivity index (χ0v) is 27.6. The maximum Gasteiger partial charge on any atom is 0.273 e. The van der Waals surface area contributed by atoms with Gasteiger partial charge in [0.25, 0.3) is 11.8 Å². The number of hydrogen-bond acceptors (Lipinski definition) is 9. The van der Waals surface area contributed by atoms with E-state index in [1.807, 2.05) is 24.3 Å². The van der Waals surface area contributed by atoms with Gasteiger partial charge >= 0.3 is 0 Å². The molecule has 0 saturated carbocycles. The van der Waals surface area contributed by atoms with Gasteiger partial charge in [-0.25, -0.2) is 10.9 Å². The molecule has 0 aliphatic heterocycles. The van der Waals surface area contributed by atoms with Crippen molar-refractivity contribution in [2.24, 2.45) is 10.2 Å². The summed E-state index contributed by atoms with van der Waals surface area (Å²) in [4.78, 5) is 30.4. The fourth-order valence-corrected chi connectivity index (χ4v) is 4.47. The predicted octanol–water partition coefficient (Wildman–Crippen LogP) is 6.38. The smallest absolute Gasteiger partial charge is 0.273 e. The molecular weight excluding hydrogens is 586 g/mol. The monoisotopic (exact) mass is 631 g/mol. The fourth-order valence-electron chi connectivity index (χ4n) is 4.47. The molecule has 1 heterocycles. The molecule has 0 aliphatic rings. The standard InChI is InChI=1S/C35H45N5O6/c1-7-9-11-17-45-30-15-13-26(19-32(30)43-5)22-36-39-34(41)28-21-29(25(4)38-24(28)3)35(42)40-37-23-27-14-16-31(33(20-27)44-6)46-18-12-10-8-2/h13-16,19-23H,7-12,17-18H2,1-6H3,(H,39,41)(H,40,42)/b36-22+,37-23+. The van der Waals surface area contributed by atoms with Crippen molar-refractivity contribution in [1.29, 1.82) is 0 Å². The Morgan fingerprint density at radius 2 is 1.11 bits per heavy atom. The molecule has 46 heavy (non-hydrogen) atoms. The number of methoxy groups -OCH3 is 2. The van der Waals surface area contributed by atoms with Gasteiger partial charge in [0.05, 0.1) is 62.4 Å². The van der Waals surface area contributed by atoms with Gasteiger partial charge < -0.3 is 18.9 Å². The Kier molecular flexibility index (Phi) is 14.5. The molecule has 11 nitrogen and oxygen atoms in total. The molecule has 1 aromatic heterocycles. The summed E-state index contributed by atoms with van der Waals surface area (Å²) in [6, 6.07) is 12.3. The van der Waals surface area contributed by atoms with Crippen LogP contribution in [0.25, 0.3) is 0 Å². The van der Waals surface area contributed by atoms with Crippen LogP contribution in [0.3, 0.4) is 0 Å². The Hall–Kier alpha value is -4.93. The van der Waals surface area contributed by atoms with Gasteiger partial charge in [0, 0.05) is 0 Å². The topological polar surface area (TPSA) is 133 Å². The second-order valence-corrected chi connectivity index (χ2v) is 10.6. The van der Waals surface area contributed by atoms with Crippen LogP contribution in [-0.2, 0) is 0 Å². The number of rotatable bonds is 18. The third-order valence-electron chi connectivity index (χ3n) is 7.04. The summed E-state index contributed by atoms with van der Waals surface area (Å²) in [5, 5.41) is 8.17. The highest BCUT2D eigenvalue weighted by atomic mass is 16.5. The minimum atomic E-state index is -0.509. The number of aryl methyl sites for hydroxylation is 2. The summed E-state index contributed by atoms with van der Waals surface area (Å²) in [6.45, 7) is 8.90. The van der Waals surface area contributed by atoms with Crippen LogP contribution in [0.5, 0.6) is 23.0 Å². The minimum absolute atomic E-state index is 0.213. The first-order chi connectivity index (χ1) is 22.3. The summed E-state index contributed by atoms with van der Waals surface area (Å²) in [7, 11) is 3.14. The molecule has 0 atom stereocenters. The van der Waals surface area contributed by atoms with E-state index in [9.17, 15) is 9.59 Å². The molecule has 0 radical (unpaired) electrons. The molecule has 0 fully saturated rings. The highest BCUT2D eigenvalue weighted by molar-refractivity contribution is 6.01. The van der Waals surface area contributed by atoms with Gasteiger partial charge in [-0.1, -0.05) is 39.5 Å². The van der Waals surface area contributed by atoms with Gasteiger partial charge in [0.15, 0.2) is 23.0 Å². The Morgan fingerprint density at radius 3 is 1.50 bits per heavy atom. The number of benzene rings is 2. The molecule has 2 aromatic carbocycles. The maximum atomic E-state index is 13.0. The van der Waals surface area contributed by atoms with Crippen LogP contribution < -0.4 is 29.8 Å². The number of hydrogen-bond donors (Lipinski definition) is 2. The van der Waals surface area contributed by atoms with E-state index in [-0.39, 0.29) is 11.1 Å². The zero-order chi connectivity index (χ0) is 33.3. The fraction of sp³-hybridized carbons (Fsp3) is 0.400. The van der Waals surface area contributed by atoms with Crippen molar-refractivity contribution in [2.45, 2.75) is 66.2 Å². The number of amides is 2. The number of ether oxygens (including phenoxy) is 4. The molecule has 0 unspecified atom stereocenters. The Labute approximate surface area is 271 Å². The average Bonchev–Trinajstić information content (AvgIpc) is 3.05. The number of aromatic nitrogens is 1. The van der Waals surface area contributed by atoms with E-state index < -0.39 is 11.8 Å². The number of carbonyl (C=O) groups is 2. The van der Waals surface area contributed by atoms with Crippen molar-refractivity contribution in [3.8, 4) is 23.0 Å². The first kappa shape index (κ1) is 35.5. The summed E-state index contributed by atoms with van der Waals surface area (Å²) in [5.41, 5.74) is 7.78. The molecule has 246 valence electrons. The summed E-state index contributed by atoms with van der Waals surface area (Å²) in [5.74, 6) is 1.43. The second-order valence-electron chi connectivity index (χ2n) is 10.6. The first-order valence-electron chi connectivity index (χ1n) is 15.6. The van der Waals surface area contributed by atoms with E-state index in [1.165, 1.54) is 18.5 Å². The van der Waals surface area contributed by atoms with Gasteiger partial charge in [-0.2, -0.15) is 10.2 Å². The third-order valence-corrected chi connectivity index (χ3v) is 7.04. The predicted molar refractivity (Wildman–Crippen MR) is 180 cm³/mol. The summed E-state index contributed by atoms with van der Waals surface area (Å²) < 4.78 is 22.5. The van der Waals surface area contributed by atoms with E-state index in [1.54, 1.807) is 40.2 Å². The summed E-state index contributed by atoms with van der Waals surface area (Å²) in [6.07, 6.45) is 9.38. The van der Waals surface area contributed by atoms with Crippen LogP contribution in [0.1, 0.15) is 95.6 Å². The molecule has 0 saturated heterocycles. The number of hydrazone groups is 2. The Morgan fingerprint density at radius 1 is 0.674 bits per heavy atom. The Bertz CT molecular complexity index is 1410. The lowest BCUT2D eigenvalue weighted by Gasteiger charge is -2.11. The SMILES string of the molecule is CCCCCOc1ccc(/C=N/NC(=O)c2cc(C(=O)N/N=C/c3ccc(OCCCCC)c(OC)c3)c(C)nc2C)cc1OC. The van der Waals surface area contributed by atoms with Crippen LogP contribution in [0.2, 0.25) is 0 Å². The van der Waals surface area contributed by atoms with Crippen molar-refractivity contribution in [3.63, 3.8) is 0 Å². The van der Waals surface area contributed by atoms with E-state index in [2.05, 4.69) is 39.9 Å². The first-order valence-corrected chi connectivity index (χ1v) is 15.6. The molecule has 0 bridgehead atoms. The van der Waals surface area contributed by atoms with Gasteiger partial charge in [0.1, 0.15) is 0 Å². The molecule has 11 heteroatoms. The third kappa shape index (κ3) is 10.6. The van der Waals surface area contributed by atoms with Crippen LogP contribution >= 0.6 is 0 Å². The Balaban J connectivity index is 1.63. The minimum Gasteiger partial charge on any atom is -0.493 e. The lowest BCUT2D eigenvalue weighted by molar-refractivity contribution is 0.0954. The highest BCUT2D eigenvalue weighted by Crippen LogP contribution is 2.29. The van der Waals surface area contributed by atoms with E-state index in [4.69, 9.17) is 18.9 Å². The van der Waals surface area contributed by atoms with Crippen molar-refractivity contribution in [1.82, 2.24) is 15.8 Å². The number of unbranched alkanes of at least 4 members (excludes halogenated alkanes) is 4. The van der Waals surface area contributed by atoms with Crippen molar-refractivity contribution >= 4 is 24.2 Å². The number of carbonyl (C=O) groups excluding carboxylic acids is 2. The summed E-state index contributed by atoms with van der Waals surface area (Å²) >= 11 is 0. The molecule has 0 aliphatic carbocycles. The van der Waals surface area contributed by atoms with Gasteiger partial charge in [-0.3, -0.25) is 14.6 Å². The van der Waals surface area contributed by atoms with Gasteiger partial charge in [-0.15, -0.1) is 0 Å². The van der Waals surface area contributed by atoms with Crippen LogP contribution in [0.15, 0.2) is 52.7 Å². The van der Waals surface area contributed by atoms with Gasteiger partial charge in [0.2, 0.25) is 0 Å². The van der Waals surface area contributed by atoms with E-state index >= 15 is 0 Å². The van der Waals surface area contributed by atoms with Crippen LogP contribution in [0, 0.1) is 13.8 Å². The number of nitrogens with one attached hydrogen (secondary N) is 2. The van der Waals surface area contributed by atoms with Crippen LogP contribution in [-0.4, -0.2) is 56.7 Å². The highest BCUT2D eigenvalue weighted by Gasteiger charge is 2.17. The largest absolute Gasteiger partial charge is 0.493 e. The van der Waals surface area contributed by atoms with Crippen molar-refractivity contribution in [3.05, 3.63) is 76.1 Å². The lowest BCUT2D eigenvalue weighted by Crippen LogP contribution is -2.23. The molecule has 2 amide bonds. The lowest BCUT2D eigenvalue weighted by atomic mass is 10.1. The normalized spacial score (nSPS) is 11.1. The van der Waals surface area contributed by atoms with Crippen molar-refractivity contribution < 1.29 is 28.5 Å². The molecule has 3 aromatic rings. The molecular formula is C35H45N5O6. The number of pyridine rings is 1. The number of nitrogens with zero attached hydrogens (tertiary/aromatic N) is 3. The van der Waals surface area contributed by atoms with E-state index in [0.29, 0.717) is 58.7 Å². The molecule has 0 spiro atoms. The molecule has 3 rings (SSSR count). The maximum absolute atomic E-state index is 13.0. The van der Waals surface area contributed by atoms with Crippen molar-refractivity contribution in [2.75, 3.05) is 27.4 Å². The quantitative estimate of drug-likeness (QED) is 0.0946. The zero-order valence-electron chi connectivity index (χ0n) is 27.6. The second kappa shape index (κ2) is 18.8. The van der Waals surface area contributed by atoms with Crippen LogP contribution in [0.4, 0.5) is 0 Å².